The van der Waals surface area contributed by atoms with Crippen molar-refractivity contribution in [1.82, 2.24) is 29.6 Å². The monoisotopic (exact) mass is 322 g/mol. The third kappa shape index (κ3) is 2.19. The third-order valence-corrected chi connectivity index (χ3v) is 3.80. The number of aromatic nitrogens is 6. The maximum atomic E-state index is 11.7. The zero-order chi connectivity index (χ0) is 16.7. The number of rotatable bonds is 3. The molecule has 0 N–H and O–H groups in total. The summed E-state index contributed by atoms with van der Waals surface area (Å²) < 4.78 is 8.13. The summed E-state index contributed by atoms with van der Waals surface area (Å²) in [6, 6.07) is 9.67. The van der Waals surface area contributed by atoms with Gasteiger partial charge in [0.1, 0.15) is 5.69 Å². The van der Waals surface area contributed by atoms with Gasteiger partial charge >= 0.3 is 5.97 Å². The lowest BCUT2D eigenvalue weighted by Crippen LogP contribution is -2.06. The minimum Gasteiger partial charge on any atom is -0.469 e. The molecular formula is C16H14N6O2. The molecule has 120 valence electrons. The van der Waals surface area contributed by atoms with Crippen LogP contribution in [0.3, 0.4) is 0 Å². The Balaban J connectivity index is 2.01. The fourth-order valence-electron chi connectivity index (χ4n) is 2.57. The van der Waals surface area contributed by atoms with Gasteiger partial charge in [-0.05, 0) is 19.1 Å². The van der Waals surface area contributed by atoms with Crippen molar-refractivity contribution in [2.75, 3.05) is 7.11 Å². The van der Waals surface area contributed by atoms with Crippen LogP contribution in [0.1, 0.15) is 11.3 Å². The van der Waals surface area contributed by atoms with Gasteiger partial charge in [0, 0.05) is 6.07 Å². The Hall–Kier alpha value is -3.29. The molecule has 4 rings (SSSR count). The van der Waals surface area contributed by atoms with Gasteiger partial charge in [-0.25, -0.2) is 4.68 Å². The van der Waals surface area contributed by atoms with Crippen molar-refractivity contribution in [3.05, 3.63) is 47.8 Å². The molecule has 0 saturated heterocycles. The highest BCUT2D eigenvalue weighted by atomic mass is 16.5. The maximum Gasteiger partial charge on any atom is 0.311 e. The van der Waals surface area contributed by atoms with Gasteiger partial charge < -0.3 is 4.74 Å². The fourth-order valence-corrected chi connectivity index (χ4v) is 2.57. The number of nitrogens with zero attached hydrogens (tertiary/aromatic N) is 6. The standard InChI is InChI=1S/C16H14N6O2/c1-10-3-5-11(6-4-10)21-16-15(12(20-21)9-14(23)24-2)19-18-13-7-8-17-22(13)16/h3-8H,9H2,1-2H3. The van der Waals surface area contributed by atoms with Crippen LogP contribution in [-0.2, 0) is 16.0 Å². The second-order valence-electron chi connectivity index (χ2n) is 5.42. The van der Waals surface area contributed by atoms with Crippen LogP contribution in [0, 0.1) is 6.92 Å². The quantitative estimate of drug-likeness (QED) is 0.531. The molecule has 8 nitrogen and oxygen atoms in total. The first kappa shape index (κ1) is 14.3. The molecule has 3 heterocycles. The van der Waals surface area contributed by atoms with Gasteiger partial charge in [-0.1, -0.05) is 17.7 Å². The van der Waals surface area contributed by atoms with Crippen molar-refractivity contribution in [1.29, 1.82) is 0 Å². The average Bonchev–Trinajstić information content (AvgIpc) is 3.20. The largest absolute Gasteiger partial charge is 0.469 e. The molecule has 0 bridgehead atoms. The highest BCUT2D eigenvalue weighted by Gasteiger charge is 2.20. The van der Waals surface area contributed by atoms with E-state index in [9.17, 15) is 4.79 Å². The van der Waals surface area contributed by atoms with Crippen LogP contribution in [0.15, 0.2) is 36.5 Å². The highest BCUT2D eigenvalue weighted by molar-refractivity contribution is 5.82. The van der Waals surface area contributed by atoms with E-state index < -0.39 is 0 Å². The molecule has 0 unspecified atom stereocenters. The molecule has 1 aromatic carbocycles. The number of esters is 1. The zero-order valence-electron chi connectivity index (χ0n) is 13.2. The summed E-state index contributed by atoms with van der Waals surface area (Å²) in [6.45, 7) is 2.02. The molecule has 0 aliphatic rings. The van der Waals surface area contributed by atoms with Gasteiger partial charge in [-0.3, -0.25) is 4.79 Å². The van der Waals surface area contributed by atoms with Gasteiger partial charge in [-0.15, -0.1) is 10.2 Å². The number of benzene rings is 1. The van der Waals surface area contributed by atoms with E-state index in [1.165, 1.54) is 7.11 Å². The second-order valence-corrected chi connectivity index (χ2v) is 5.42. The van der Waals surface area contributed by atoms with Gasteiger partial charge in [-0.2, -0.15) is 14.7 Å². The van der Waals surface area contributed by atoms with Crippen LogP contribution in [0.4, 0.5) is 0 Å². The van der Waals surface area contributed by atoms with Crippen molar-refractivity contribution < 1.29 is 9.53 Å². The van der Waals surface area contributed by atoms with E-state index in [-0.39, 0.29) is 12.4 Å². The van der Waals surface area contributed by atoms with E-state index in [1.807, 2.05) is 31.2 Å². The second kappa shape index (κ2) is 5.41. The van der Waals surface area contributed by atoms with Gasteiger partial charge in [0.15, 0.2) is 16.8 Å². The fraction of sp³-hybridized carbons (Fsp3) is 0.188. The third-order valence-electron chi connectivity index (χ3n) is 3.80. The Morgan fingerprint density at radius 1 is 1.17 bits per heavy atom. The summed E-state index contributed by atoms with van der Waals surface area (Å²) in [5.74, 6) is -0.382. The molecule has 0 radical (unpaired) electrons. The van der Waals surface area contributed by atoms with Crippen LogP contribution in [0.5, 0.6) is 0 Å². The number of aryl methyl sites for hydroxylation is 1. The minimum atomic E-state index is -0.382. The average molecular weight is 322 g/mol. The van der Waals surface area contributed by atoms with Crippen LogP contribution in [-0.4, -0.2) is 42.7 Å². The van der Waals surface area contributed by atoms with Crippen LogP contribution < -0.4 is 0 Å². The normalized spacial score (nSPS) is 11.2. The topological polar surface area (TPSA) is 87.2 Å². The molecule has 0 atom stereocenters. The number of methoxy groups -OCH3 is 1. The molecule has 3 aromatic heterocycles. The van der Waals surface area contributed by atoms with Crippen molar-refractivity contribution in [3.63, 3.8) is 0 Å². The first-order valence-corrected chi connectivity index (χ1v) is 7.39. The lowest BCUT2D eigenvalue weighted by molar-refractivity contribution is -0.139. The summed E-state index contributed by atoms with van der Waals surface area (Å²) in [7, 11) is 1.35. The molecule has 0 fully saturated rings. The van der Waals surface area contributed by atoms with E-state index in [1.54, 1.807) is 21.5 Å². The molecule has 4 aromatic rings. The number of fused-ring (bicyclic) bond motifs is 3. The summed E-state index contributed by atoms with van der Waals surface area (Å²) in [5, 5.41) is 17.2. The van der Waals surface area contributed by atoms with E-state index >= 15 is 0 Å². The van der Waals surface area contributed by atoms with Crippen LogP contribution in [0.2, 0.25) is 0 Å². The van der Waals surface area contributed by atoms with Crippen LogP contribution in [0.25, 0.3) is 22.5 Å². The maximum absolute atomic E-state index is 11.7. The number of ether oxygens (including phenoxy) is 1. The lowest BCUT2D eigenvalue weighted by Gasteiger charge is -2.04. The predicted molar refractivity (Wildman–Crippen MR) is 85.9 cm³/mol. The first-order valence-electron chi connectivity index (χ1n) is 7.39. The van der Waals surface area contributed by atoms with Crippen LogP contribution >= 0.6 is 0 Å². The summed E-state index contributed by atoms with van der Waals surface area (Å²) in [6.07, 6.45) is 1.67. The highest BCUT2D eigenvalue weighted by Crippen LogP contribution is 2.21. The molecule has 0 aliphatic carbocycles. The van der Waals surface area contributed by atoms with E-state index in [0.717, 1.165) is 11.3 Å². The van der Waals surface area contributed by atoms with Gasteiger partial charge in [0.2, 0.25) is 0 Å². The molecular weight excluding hydrogens is 308 g/mol. The molecule has 0 saturated carbocycles. The number of hydrogen-bond donors (Lipinski definition) is 0. The Morgan fingerprint density at radius 2 is 1.96 bits per heavy atom. The summed E-state index contributed by atoms with van der Waals surface area (Å²) >= 11 is 0. The number of carbonyl (C=O) groups is 1. The Kier molecular flexibility index (Phi) is 3.23. The molecule has 0 aliphatic heterocycles. The van der Waals surface area contributed by atoms with Crippen molar-refractivity contribution in [2.45, 2.75) is 13.3 Å². The predicted octanol–water partition coefficient (Wildman–Crippen LogP) is 1.49. The van der Waals surface area contributed by atoms with E-state index in [2.05, 4.69) is 20.4 Å². The Bertz CT molecular complexity index is 1050. The minimum absolute atomic E-state index is 0.0211. The number of hydrogen-bond acceptors (Lipinski definition) is 6. The van der Waals surface area contributed by atoms with Crippen molar-refractivity contribution in [3.8, 4) is 5.69 Å². The first-order chi connectivity index (χ1) is 11.7. The SMILES string of the molecule is COC(=O)Cc1nn(-c2ccc(C)cc2)c2c1nnc1ccnn12. The Labute approximate surface area is 136 Å². The van der Waals surface area contributed by atoms with E-state index in [0.29, 0.717) is 22.5 Å². The summed E-state index contributed by atoms with van der Waals surface area (Å²) in [5.41, 5.74) is 4.30. The van der Waals surface area contributed by atoms with Crippen molar-refractivity contribution >= 4 is 22.8 Å². The molecule has 8 heteroatoms. The molecule has 0 amide bonds. The molecule has 24 heavy (non-hydrogen) atoms. The number of carbonyl (C=O) groups excluding carboxylic acids is 1. The zero-order valence-corrected chi connectivity index (χ0v) is 13.2. The molecule has 0 spiro atoms. The lowest BCUT2D eigenvalue weighted by atomic mass is 10.2. The smallest absolute Gasteiger partial charge is 0.311 e. The van der Waals surface area contributed by atoms with Gasteiger partial charge in [0.05, 0.1) is 25.4 Å². The van der Waals surface area contributed by atoms with Gasteiger partial charge in [0.25, 0.3) is 0 Å². The Morgan fingerprint density at radius 3 is 2.71 bits per heavy atom. The van der Waals surface area contributed by atoms with Crippen molar-refractivity contribution in [2.24, 2.45) is 0 Å². The summed E-state index contributed by atoms with van der Waals surface area (Å²) in [4.78, 5) is 11.7. The van der Waals surface area contributed by atoms with E-state index in [4.69, 9.17) is 4.74 Å².